The standard InChI is InChI=1S/C15H24N2O4/c1-5-16-9-12-6-7-13(17(19)20)14(8-12)21-10-15(4,18)11(2)3/h6-8,11,16,18H,5,9-10H2,1-4H3. The molecule has 1 rings (SSSR count). The van der Waals surface area contributed by atoms with Crippen molar-refractivity contribution in [1.29, 1.82) is 0 Å². The largest absolute Gasteiger partial charge is 0.484 e. The number of nitro benzene ring substituents is 1. The van der Waals surface area contributed by atoms with Gasteiger partial charge in [-0.1, -0.05) is 26.8 Å². The number of nitrogens with one attached hydrogen (secondary N) is 1. The molecule has 0 radical (unpaired) electrons. The smallest absolute Gasteiger partial charge is 0.310 e. The first-order chi connectivity index (χ1) is 9.77. The Morgan fingerprint density at radius 1 is 1.48 bits per heavy atom. The van der Waals surface area contributed by atoms with Gasteiger partial charge < -0.3 is 15.2 Å². The minimum absolute atomic E-state index is 0.0101. The lowest BCUT2D eigenvalue weighted by Crippen LogP contribution is -2.37. The van der Waals surface area contributed by atoms with Crippen LogP contribution in [0.2, 0.25) is 0 Å². The third-order valence-electron chi connectivity index (χ3n) is 3.56. The van der Waals surface area contributed by atoms with Crippen LogP contribution in [0.1, 0.15) is 33.3 Å². The van der Waals surface area contributed by atoms with Crippen LogP contribution in [0.25, 0.3) is 0 Å². The average Bonchev–Trinajstić information content (AvgIpc) is 2.42. The van der Waals surface area contributed by atoms with Crippen molar-refractivity contribution >= 4 is 5.69 Å². The van der Waals surface area contributed by atoms with Gasteiger partial charge in [-0.25, -0.2) is 0 Å². The first kappa shape index (κ1) is 17.4. The number of rotatable bonds is 8. The Morgan fingerprint density at radius 2 is 2.14 bits per heavy atom. The summed E-state index contributed by atoms with van der Waals surface area (Å²) >= 11 is 0. The molecule has 1 unspecified atom stereocenters. The van der Waals surface area contributed by atoms with Crippen molar-refractivity contribution < 1.29 is 14.8 Å². The van der Waals surface area contributed by atoms with E-state index in [9.17, 15) is 15.2 Å². The molecule has 21 heavy (non-hydrogen) atoms. The maximum atomic E-state index is 11.1. The minimum Gasteiger partial charge on any atom is -0.484 e. The molecule has 0 aromatic heterocycles. The second kappa shape index (κ2) is 7.38. The Kier molecular flexibility index (Phi) is 6.11. The highest BCUT2D eigenvalue weighted by Gasteiger charge is 2.27. The van der Waals surface area contributed by atoms with Crippen molar-refractivity contribution in [2.45, 2.75) is 39.8 Å². The lowest BCUT2D eigenvalue weighted by atomic mass is 9.94. The molecule has 6 nitrogen and oxygen atoms in total. The summed E-state index contributed by atoms with van der Waals surface area (Å²) in [6, 6.07) is 4.79. The van der Waals surface area contributed by atoms with Crippen LogP contribution < -0.4 is 10.1 Å². The molecule has 6 heteroatoms. The second-order valence-electron chi connectivity index (χ2n) is 5.64. The predicted molar refractivity (Wildman–Crippen MR) is 81.4 cm³/mol. The van der Waals surface area contributed by atoms with E-state index in [2.05, 4.69) is 5.32 Å². The zero-order valence-electron chi connectivity index (χ0n) is 13.0. The van der Waals surface area contributed by atoms with Gasteiger partial charge in [0.05, 0.1) is 10.5 Å². The monoisotopic (exact) mass is 296 g/mol. The molecule has 0 aliphatic carbocycles. The summed E-state index contributed by atoms with van der Waals surface area (Å²) in [5, 5.41) is 24.4. The predicted octanol–water partition coefficient (Wildman–Crippen LogP) is 2.49. The summed E-state index contributed by atoms with van der Waals surface area (Å²) in [4.78, 5) is 10.6. The first-order valence-corrected chi connectivity index (χ1v) is 7.11. The van der Waals surface area contributed by atoms with Crippen molar-refractivity contribution in [2.75, 3.05) is 13.2 Å². The molecule has 118 valence electrons. The molecule has 0 spiro atoms. The van der Waals surface area contributed by atoms with E-state index in [0.29, 0.717) is 6.54 Å². The number of hydrogen-bond acceptors (Lipinski definition) is 5. The van der Waals surface area contributed by atoms with Gasteiger partial charge in [0.25, 0.3) is 0 Å². The highest BCUT2D eigenvalue weighted by Crippen LogP contribution is 2.29. The van der Waals surface area contributed by atoms with E-state index in [-0.39, 0.29) is 24.0 Å². The number of nitrogens with zero attached hydrogens (tertiary/aromatic N) is 1. The van der Waals surface area contributed by atoms with Gasteiger partial charge in [-0.15, -0.1) is 0 Å². The number of hydrogen-bond donors (Lipinski definition) is 2. The minimum atomic E-state index is -1.04. The second-order valence-corrected chi connectivity index (χ2v) is 5.64. The van der Waals surface area contributed by atoms with Gasteiger partial charge in [0.15, 0.2) is 5.75 Å². The Labute approximate surface area is 125 Å². The van der Waals surface area contributed by atoms with Crippen molar-refractivity contribution in [2.24, 2.45) is 5.92 Å². The lowest BCUT2D eigenvalue weighted by molar-refractivity contribution is -0.386. The molecule has 0 heterocycles. The summed E-state index contributed by atoms with van der Waals surface area (Å²) in [5.74, 6) is 0.179. The quantitative estimate of drug-likeness (QED) is 0.568. The van der Waals surface area contributed by atoms with Gasteiger partial charge in [-0.05, 0) is 31.0 Å². The average molecular weight is 296 g/mol. The third kappa shape index (κ3) is 4.99. The van der Waals surface area contributed by atoms with E-state index in [1.54, 1.807) is 19.1 Å². The summed E-state index contributed by atoms with van der Waals surface area (Å²) in [6.45, 7) is 8.84. The molecule has 0 amide bonds. The molecule has 0 fully saturated rings. The highest BCUT2D eigenvalue weighted by atomic mass is 16.6. The van der Waals surface area contributed by atoms with Crippen LogP contribution in [0.4, 0.5) is 5.69 Å². The first-order valence-electron chi connectivity index (χ1n) is 7.11. The molecule has 0 aliphatic rings. The molecule has 1 aromatic carbocycles. The molecular weight excluding hydrogens is 272 g/mol. The molecule has 0 saturated carbocycles. The van der Waals surface area contributed by atoms with Gasteiger partial charge in [0.2, 0.25) is 0 Å². The fraction of sp³-hybridized carbons (Fsp3) is 0.600. The van der Waals surface area contributed by atoms with Gasteiger partial charge in [-0.3, -0.25) is 10.1 Å². The normalized spacial score (nSPS) is 14.0. The molecular formula is C15H24N2O4. The van der Waals surface area contributed by atoms with E-state index < -0.39 is 10.5 Å². The Balaban J connectivity index is 2.93. The van der Waals surface area contributed by atoms with E-state index in [0.717, 1.165) is 12.1 Å². The van der Waals surface area contributed by atoms with Gasteiger partial charge in [0.1, 0.15) is 6.61 Å². The van der Waals surface area contributed by atoms with Crippen LogP contribution in [0.3, 0.4) is 0 Å². The number of nitro groups is 1. The van der Waals surface area contributed by atoms with Crippen LogP contribution in [0.15, 0.2) is 18.2 Å². The SMILES string of the molecule is CCNCc1ccc([N+](=O)[O-])c(OCC(C)(O)C(C)C)c1. The van der Waals surface area contributed by atoms with Crippen molar-refractivity contribution in [1.82, 2.24) is 5.32 Å². The summed E-state index contributed by atoms with van der Waals surface area (Å²) < 4.78 is 5.53. The van der Waals surface area contributed by atoms with Gasteiger partial charge in [-0.2, -0.15) is 0 Å². The maximum Gasteiger partial charge on any atom is 0.310 e. The lowest BCUT2D eigenvalue weighted by Gasteiger charge is -2.27. The maximum absolute atomic E-state index is 11.1. The highest BCUT2D eigenvalue weighted by molar-refractivity contribution is 5.48. The molecule has 0 saturated heterocycles. The van der Waals surface area contributed by atoms with Crippen molar-refractivity contribution in [3.8, 4) is 5.75 Å². The number of benzene rings is 1. The molecule has 1 aromatic rings. The Hall–Kier alpha value is -1.66. The van der Waals surface area contributed by atoms with Crippen LogP contribution >= 0.6 is 0 Å². The zero-order valence-corrected chi connectivity index (χ0v) is 13.0. The summed E-state index contributed by atoms with van der Waals surface area (Å²) in [7, 11) is 0. The topological polar surface area (TPSA) is 84.6 Å². The zero-order chi connectivity index (χ0) is 16.0. The number of aliphatic hydroxyl groups is 1. The van der Waals surface area contributed by atoms with Crippen LogP contribution in [-0.2, 0) is 6.54 Å². The van der Waals surface area contributed by atoms with E-state index in [4.69, 9.17) is 4.74 Å². The van der Waals surface area contributed by atoms with Gasteiger partial charge in [0, 0.05) is 12.6 Å². The summed E-state index contributed by atoms with van der Waals surface area (Å²) in [6.07, 6.45) is 0. The Morgan fingerprint density at radius 3 is 2.67 bits per heavy atom. The van der Waals surface area contributed by atoms with E-state index >= 15 is 0 Å². The van der Waals surface area contributed by atoms with Crippen molar-refractivity contribution in [3.63, 3.8) is 0 Å². The fourth-order valence-corrected chi connectivity index (χ4v) is 1.59. The van der Waals surface area contributed by atoms with Crippen LogP contribution in [-0.4, -0.2) is 28.8 Å². The van der Waals surface area contributed by atoms with Crippen LogP contribution in [0.5, 0.6) is 5.75 Å². The molecule has 0 aliphatic heterocycles. The molecule has 2 N–H and O–H groups in total. The third-order valence-corrected chi connectivity index (χ3v) is 3.56. The number of ether oxygens (including phenoxy) is 1. The van der Waals surface area contributed by atoms with Crippen LogP contribution in [0, 0.1) is 16.0 Å². The summed E-state index contributed by atoms with van der Waals surface area (Å²) in [5.41, 5.74) is -0.220. The fourth-order valence-electron chi connectivity index (χ4n) is 1.59. The Bertz CT molecular complexity index is 487. The van der Waals surface area contributed by atoms with E-state index in [1.807, 2.05) is 20.8 Å². The van der Waals surface area contributed by atoms with Gasteiger partial charge >= 0.3 is 5.69 Å². The molecule has 0 bridgehead atoms. The van der Waals surface area contributed by atoms with E-state index in [1.165, 1.54) is 6.07 Å². The van der Waals surface area contributed by atoms with Crippen molar-refractivity contribution in [3.05, 3.63) is 33.9 Å². The molecule has 1 atom stereocenters.